The summed E-state index contributed by atoms with van der Waals surface area (Å²) in [5, 5.41) is 0. The van der Waals surface area contributed by atoms with Gasteiger partial charge in [0.2, 0.25) is 0 Å². The van der Waals surface area contributed by atoms with E-state index in [4.69, 9.17) is 0 Å². The number of anilines is 1. The second-order valence-corrected chi connectivity index (χ2v) is 12.0. The van der Waals surface area contributed by atoms with Crippen LogP contribution < -0.4 is 4.90 Å². The van der Waals surface area contributed by atoms with E-state index < -0.39 is 0 Å². The molecule has 1 aliphatic rings. The van der Waals surface area contributed by atoms with E-state index in [0.29, 0.717) is 6.17 Å². The first-order chi connectivity index (χ1) is 18.9. The molecule has 0 radical (unpaired) electrons. The summed E-state index contributed by atoms with van der Waals surface area (Å²) in [6.07, 6.45) is 39.2. The Kier molecular flexibility index (Phi) is 20.2. The molecule has 1 aromatic rings. The molecule has 1 aromatic carbocycles. The van der Waals surface area contributed by atoms with Crippen LogP contribution in [0.1, 0.15) is 168 Å². The molecule has 1 atom stereocenters. The number of rotatable bonds is 26. The van der Waals surface area contributed by atoms with Crippen LogP contribution in [0, 0.1) is 0 Å². The van der Waals surface area contributed by atoms with E-state index in [0.717, 1.165) is 0 Å². The minimum absolute atomic E-state index is 0.504. The quantitative estimate of drug-likeness (QED) is 0.111. The molecule has 0 spiro atoms. The Morgan fingerprint density at radius 2 is 0.895 bits per heavy atom. The molecule has 0 aromatic heterocycles. The van der Waals surface area contributed by atoms with Gasteiger partial charge in [-0.3, -0.25) is 0 Å². The molecule has 0 saturated carbocycles. The van der Waals surface area contributed by atoms with E-state index in [2.05, 4.69) is 66.4 Å². The third-order valence-electron chi connectivity index (χ3n) is 8.51. The van der Waals surface area contributed by atoms with E-state index >= 15 is 0 Å². The molecule has 0 saturated heterocycles. The standard InChI is InChI=1S/C36H64N2/c1-3-5-7-9-11-12-13-14-15-16-17-18-19-20-21-22-27-31-36-37(32-28-23-10-8-6-4-2)33-34-38(36)35-29-25-24-26-30-35/h24-26,29-30,33-34,36H,3-23,27-28,31-32H2,1-2H3. The zero-order chi connectivity index (χ0) is 26.9. The lowest BCUT2D eigenvalue weighted by molar-refractivity contribution is 0.273. The van der Waals surface area contributed by atoms with E-state index in [1.165, 1.54) is 166 Å². The Morgan fingerprint density at radius 3 is 1.37 bits per heavy atom. The molecule has 218 valence electrons. The van der Waals surface area contributed by atoms with Crippen molar-refractivity contribution in [2.45, 2.75) is 174 Å². The fraction of sp³-hybridized carbons (Fsp3) is 0.778. The van der Waals surface area contributed by atoms with Crippen LogP contribution in [0.2, 0.25) is 0 Å². The van der Waals surface area contributed by atoms with Crippen molar-refractivity contribution >= 4 is 5.69 Å². The summed E-state index contributed by atoms with van der Waals surface area (Å²) >= 11 is 0. The predicted octanol–water partition coefficient (Wildman–Crippen LogP) is 12.0. The molecule has 2 rings (SSSR count). The molecular weight excluding hydrogens is 460 g/mol. The van der Waals surface area contributed by atoms with Crippen LogP contribution in [0.3, 0.4) is 0 Å². The third-order valence-corrected chi connectivity index (χ3v) is 8.51. The summed E-state index contributed by atoms with van der Waals surface area (Å²) < 4.78 is 0. The van der Waals surface area contributed by atoms with E-state index in [9.17, 15) is 0 Å². The van der Waals surface area contributed by atoms with Gasteiger partial charge in [-0.2, -0.15) is 0 Å². The summed E-state index contributed by atoms with van der Waals surface area (Å²) in [5.74, 6) is 0. The maximum absolute atomic E-state index is 2.62. The highest BCUT2D eigenvalue weighted by Gasteiger charge is 2.26. The summed E-state index contributed by atoms with van der Waals surface area (Å²) in [6, 6.07) is 11.0. The van der Waals surface area contributed by atoms with Gasteiger partial charge in [0, 0.05) is 24.6 Å². The molecule has 1 heterocycles. The molecule has 1 aliphatic heterocycles. The highest BCUT2D eigenvalue weighted by molar-refractivity contribution is 5.51. The molecule has 2 heteroatoms. The lowest BCUT2D eigenvalue weighted by Crippen LogP contribution is -2.39. The van der Waals surface area contributed by atoms with Crippen LogP contribution in [-0.4, -0.2) is 17.6 Å². The van der Waals surface area contributed by atoms with Crippen LogP contribution in [0.15, 0.2) is 42.7 Å². The first kappa shape index (κ1) is 32.8. The van der Waals surface area contributed by atoms with Gasteiger partial charge in [0.15, 0.2) is 0 Å². The largest absolute Gasteiger partial charge is 0.356 e. The van der Waals surface area contributed by atoms with Crippen LogP contribution >= 0.6 is 0 Å². The van der Waals surface area contributed by atoms with Gasteiger partial charge < -0.3 is 9.80 Å². The van der Waals surface area contributed by atoms with Gasteiger partial charge in [-0.05, 0) is 31.4 Å². The van der Waals surface area contributed by atoms with Crippen LogP contribution in [0.4, 0.5) is 5.69 Å². The van der Waals surface area contributed by atoms with Gasteiger partial charge in [0.25, 0.3) is 0 Å². The van der Waals surface area contributed by atoms with E-state index in [1.54, 1.807) is 0 Å². The second kappa shape index (κ2) is 23.4. The fourth-order valence-electron chi connectivity index (χ4n) is 6.03. The zero-order valence-electron chi connectivity index (χ0n) is 25.7. The SMILES string of the molecule is CCCCCCCCCCCCCCCCCCCC1N(CCCCCCCC)C=CN1c1ccccc1. The summed E-state index contributed by atoms with van der Waals surface area (Å²) in [6.45, 7) is 5.81. The average molecular weight is 525 g/mol. The molecule has 0 fully saturated rings. The summed E-state index contributed by atoms with van der Waals surface area (Å²) in [5.41, 5.74) is 1.34. The molecule has 0 N–H and O–H groups in total. The number of hydrogen-bond acceptors (Lipinski definition) is 2. The molecule has 2 nitrogen and oxygen atoms in total. The van der Waals surface area contributed by atoms with Crippen molar-refractivity contribution < 1.29 is 0 Å². The van der Waals surface area contributed by atoms with Crippen molar-refractivity contribution in [3.05, 3.63) is 42.7 Å². The van der Waals surface area contributed by atoms with Crippen molar-refractivity contribution in [1.82, 2.24) is 4.90 Å². The Bertz CT molecular complexity index is 655. The lowest BCUT2D eigenvalue weighted by atomic mass is 10.0. The second-order valence-electron chi connectivity index (χ2n) is 12.0. The van der Waals surface area contributed by atoms with Crippen molar-refractivity contribution in [3.8, 4) is 0 Å². The van der Waals surface area contributed by atoms with E-state index in [-0.39, 0.29) is 0 Å². The van der Waals surface area contributed by atoms with Gasteiger partial charge in [-0.25, -0.2) is 0 Å². The Morgan fingerprint density at radius 1 is 0.474 bits per heavy atom. The van der Waals surface area contributed by atoms with Crippen LogP contribution in [-0.2, 0) is 0 Å². The molecular formula is C36H64N2. The molecule has 0 amide bonds. The molecule has 1 unspecified atom stereocenters. The highest BCUT2D eigenvalue weighted by Crippen LogP contribution is 2.28. The zero-order valence-corrected chi connectivity index (χ0v) is 25.7. The summed E-state index contributed by atoms with van der Waals surface area (Å²) in [4.78, 5) is 5.14. The first-order valence-electron chi connectivity index (χ1n) is 17.1. The summed E-state index contributed by atoms with van der Waals surface area (Å²) in [7, 11) is 0. The van der Waals surface area contributed by atoms with Gasteiger partial charge in [-0.15, -0.1) is 0 Å². The predicted molar refractivity (Wildman–Crippen MR) is 171 cm³/mol. The Balaban J connectivity index is 1.51. The van der Waals surface area contributed by atoms with Crippen LogP contribution in [0.25, 0.3) is 0 Å². The molecule has 0 bridgehead atoms. The third kappa shape index (κ3) is 15.2. The topological polar surface area (TPSA) is 6.48 Å². The Hall–Kier alpha value is -1.44. The first-order valence-corrected chi connectivity index (χ1v) is 17.1. The lowest BCUT2D eigenvalue weighted by Gasteiger charge is -2.33. The maximum Gasteiger partial charge on any atom is 0.105 e. The number of benzene rings is 1. The van der Waals surface area contributed by atoms with Crippen molar-refractivity contribution in [3.63, 3.8) is 0 Å². The van der Waals surface area contributed by atoms with E-state index in [1.807, 2.05) is 0 Å². The van der Waals surface area contributed by atoms with Crippen molar-refractivity contribution in [2.75, 3.05) is 11.4 Å². The fourth-order valence-corrected chi connectivity index (χ4v) is 6.03. The smallest absolute Gasteiger partial charge is 0.105 e. The molecule has 0 aliphatic carbocycles. The van der Waals surface area contributed by atoms with Crippen molar-refractivity contribution in [2.24, 2.45) is 0 Å². The minimum atomic E-state index is 0.504. The van der Waals surface area contributed by atoms with Crippen molar-refractivity contribution in [1.29, 1.82) is 0 Å². The van der Waals surface area contributed by atoms with Gasteiger partial charge >= 0.3 is 0 Å². The number of hydrogen-bond donors (Lipinski definition) is 0. The Labute approximate surface area is 238 Å². The monoisotopic (exact) mass is 525 g/mol. The average Bonchev–Trinajstić information content (AvgIpc) is 3.35. The number of nitrogens with zero attached hydrogens (tertiary/aromatic N) is 2. The van der Waals surface area contributed by atoms with Crippen LogP contribution in [0.5, 0.6) is 0 Å². The highest BCUT2D eigenvalue weighted by atomic mass is 15.4. The maximum atomic E-state index is 2.62. The van der Waals surface area contributed by atoms with Gasteiger partial charge in [0.1, 0.15) is 6.17 Å². The number of para-hydroxylation sites is 1. The van der Waals surface area contributed by atoms with Gasteiger partial charge in [-0.1, -0.05) is 167 Å². The number of unbranched alkanes of at least 4 members (excludes halogenated alkanes) is 21. The minimum Gasteiger partial charge on any atom is -0.356 e. The molecule has 38 heavy (non-hydrogen) atoms. The normalized spacial score (nSPS) is 15.2. The van der Waals surface area contributed by atoms with Gasteiger partial charge in [0.05, 0.1) is 0 Å².